The fourth-order valence-electron chi connectivity index (χ4n) is 0. The summed E-state index contributed by atoms with van der Waals surface area (Å²) in [6.07, 6.45) is 0. The minimum Gasteiger partial charge on any atom is 0 e. The van der Waals surface area contributed by atoms with Crippen molar-refractivity contribution in [2.24, 2.45) is 0 Å². The molecule has 0 bridgehead atoms. The van der Waals surface area contributed by atoms with Crippen molar-refractivity contribution in [2.75, 3.05) is 0 Å². The molecule has 0 aromatic rings. The molecule has 0 amide bonds. The summed E-state index contributed by atoms with van der Waals surface area (Å²) in [6.45, 7) is 0. The first-order valence-corrected chi connectivity index (χ1v) is 0. The van der Waals surface area contributed by atoms with E-state index < -0.39 is 0 Å². The zero-order chi connectivity index (χ0) is 0. The van der Waals surface area contributed by atoms with Gasteiger partial charge in [0.1, 0.15) is 0 Å². The van der Waals surface area contributed by atoms with E-state index in [4.69, 9.17) is 0 Å². The quantitative estimate of drug-likeness (QED) is 0.364. The summed E-state index contributed by atoms with van der Waals surface area (Å²) in [5, 5.41) is 0. The summed E-state index contributed by atoms with van der Waals surface area (Å²) in [5.74, 6) is 0. The van der Waals surface area contributed by atoms with Gasteiger partial charge in [-0.1, -0.05) is 0 Å². The van der Waals surface area contributed by atoms with Crippen LogP contribution in [0.25, 0.3) is 0 Å². The van der Waals surface area contributed by atoms with Crippen LogP contribution in [0.1, 0.15) is 0 Å². The van der Waals surface area contributed by atoms with Crippen molar-refractivity contribution in [3.8, 4) is 0 Å². The predicted octanol–water partition coefficient (Wildman–Crippen LogP) is -1.14. The molecule has 0 nitrogen and oxygen atoms in total. The molecule has 0 unspecified atom stereocenters. The Hall–Kier alpha value is 3.98. The van der Waals surface area contributed by atoms with Crippen LogP contribution in [0, 0.1) is 49.4 Å². The van der Waals surface area contributed by atoms with Crippen molar-refractivity contribution >= 4 is 71.7 Å². The average molecular weight is 508 g/mol. The van der Waals surface area contributed by atoms with Gasteiger partial charge in [-0.15, -0.1) is 0 Å². The largest absolute Gasteiger partial charge is 0 e. The Morgan fingerprint density at radius 1 is 0.500 bits per heavy atom. The molecule has 0 N–H and O–H groups in total. The third-order valence-electron chi connectivity index (χ3n) is 0. The fraction of sp³-hybridized carbons (Fsp3) is 0. The number of rotatable bonds is 0. The first-order chi connectivity index (χ1) is 0. The first kappa shape index (κ1) is 24.5. The third-order valence-corrected chi connectivity index (χ3v) is 0. The molecule has 0 aliphatic heterocycles. The smallest absolute Gasteiger partial charge is 0 e. The van der Waals surface area contributed by atoms with Crippen molar-refractivity contribution in [3.05, 3.63) is 0 Å². The summed E-state index contributed by atoms with van der Waals surface area (Å²) >= 11 is 0. The normalized spacial score (nSPS) is 0. The molecule has 0 spiro atoms. The second kappa shape index (κ2) is 15.8. The van der Waals surface area contributed by atoms with Crippen LogP contribution in [0.2, 0.25) is 0 Å². The first-order valence-electron chi connectivity index (χ1n) is 0. The van der Waals surface area contributed by atoms with E-state index in [-0.39, 0.29) is 121 Å². The van der Waals surface area contributed by atoms with Gasteiger partial charge in [-0.25, -0.2) is 0 Å². The molecule has 0 saturated heterocycles. The van der Waals surface area contributed by atoms with Crippen LogP contribution in [-0.4, -0.2) is 71.7 Å². The SMILES string of the molecule is [Eu].[Sn].[Sn].[Sn]. The van der Waals surface area contributed by atoms with Crippen LogP contribution in [0.5, 0.6) is 0 Å². The maximum atomic E-state index is 0. The van der Waals surface area contributed by atoms with Crippen LogP contribution in [0.4, 0.5) is 0 Å². The van der Waals surface area contributed by atoms with E-state index in [9.17, 15) is 0 Å². The van der Waals surface area contributed by atoms with Gasteiger partial charge in [-0.05, 0) is 0 Å². The zero-order valence-corrected chi connectivity index (χ0v) is 12.9. The molecule has 0 heterocycles. The molecule has 0 saturated carbocycles. The van der Waals surface area contributed by atoms with Crippen LogP contribution in [0.3, 0.4) is 0 Å². The molecule has 4 heteroatoms. The van der Waals surface area contributed by atoms with Gasteiger partial charge < -0.3 is 0 Å². The maximum absolute atomic E-state index is 0. The molecule has 4 heavy (non-hydrogen) atoms. The molecule has 0 atom stereocenters. The second-order valence-electron chi connectivity index (χ2n) is 0. The summed E-state index contributed by atoms with van der Waals surface area (Å²) in [6, 6.07) is 0. The van der Waals surface area contributed by atoms with Crippen molar-refractivity contribution in [1.29, 1.82) is 0 Å². The molecular formula is EuSn3. The minimum absolute atomic E-state index is 0. The second-order valence-corrected chi connectivity index (χ2v) is 0. The van der Waals surface area contributed by atoms with Gasteiger partial charge in [0.25, 0.3) is 0 Å². The van der Waals surface area contributed by atoms with Crippen molar-refractivity contribution in [3.63, 3.8) is 0 Å². The molecule has 19 valence electrons. The van der Waals surface area contributed by atoms with Crippen molar-refractivity contribution in [1.82, 2.24) is 0 Å². The van der Waals surface area contributed by atoms with Gasteiger partial charge in [0.2, 0.25) is 0 Å². The minimum atomic E-state index is 0. The summed E-state index contributed by atoms with van der Waals surface area (Å²) < 4.78 is 0. The Morgan fingerprint density at radius 3 is 0.500 bits per heavy atom. The van der Waals surface area contributed by atoms with Crippen molar-refractivity contribution < 1.29 is 49.4 Å². The number of hydrogen-bond acceptors (Lipinski definition) is 0. The molecule has 0 rings (SSSR count). The standard InChI is InChI=1S/Eu.3Sn. The Morgan fingerprint density at radius 2 is 0.500 bits per heavy atom. The van der Waals surface area contributed by atoms with Crippen LogP contribution < -0.4 is 0 Å². The van der Waals surface area contributed by atoms with E-state index in [1.807, 2.05) is 0 Å². The molecule has 0 aliphatic carbocycles. The predicted molar refractivity (Wildman–Crippen MR) is 17.3 cm³/mol. The van der Waals surface area contributed by atoms with Crippen LogP contribution in [0.15, 0.2) is 0 Å². The van der Waals surface area contributed by atoms with Gasteiger partial charge in [-0.3, -0.25) is 0 Å². The van der Waals surface area contributed by atoms with Crippen LogP contribution in [-0.2, 0) is 0 Å². The fourth-order valence-corrected chi connectivity index (χ4v) is 0. The van der Waals surface area contributed by atoms with E-state index in [0.717, 1.165) is 0 Å². The van der Waals surface area contributed by atoms with E-state index in [0.29, 0.717) is 0 Å². The van der Waals surface area contributed by atoms with Crippen LogP contribution >= 0.6 is 0 Å². The third kappa shape index (κ3) is 9.36. The molecule has 0 aliphatic rings. The van der Waals surface area contributed by atoms with E-state index in [2.05, 4.69) is 0 Å². The maximum Gasteiger partial charge on any atom is 0 e. The van der Waals surface area contributed by atoms with E-state index in [1.54, 1.807) is 0 Å². The zero-order valence-electron chi connectivity index (χ0n) is 1.88. The molecule has 13 radical (unpaired) electrons. The molecule has 0 aromatic heterocycles. The van der Waals surface area contributed by atoms with Gasteiger partial charge in [0.15, 0.2) is 0 Å². The topological polar surface area (TPSA) is 0 Å². The summed E-state index contributed by atoms with van der Waals surface area (Å²) in [4.78, 5) is 0. The Labute approximate surface area is 118 Å². The van der Waals surface area contributed by atoms with Gasteiger partial charge >= 0.3 is 0 Å². The van der Waals surface area contributed by atoms with Gasteiger partial charge in [0.05, 0.1) is 0 Å². The Kier molecular flexibility index (Phi) is 96.7. The summed E-state index contributed by atoms with van der Waals surface area (Å²) in [5.41, 5.74) is 0. The average Bonchev–Trinajstić information content (AvgIpc) is 0. The summed E-state index contributed by atoms with van der Waals surface area (Å²) in [7, 11) is 0. The van der Waals surface area contributed by atoms with E-state index in [1.165, 1.54) is 0 Å². The number of hydrogen-bond donors (Lipinski definition) is 0. The van der Waals surface area contributed by atoms with E-state index >= 15 is 0 Å². The monoisotopic (exact) mass is 513 g/mol. The molecular weight excluding hydrogens is 508 g/mol. The Balaban J connectivity index is 0. The Bertz CT molecular complexity index is 3.25. The molecule has 0 aromatic carbocycles. The van der Waals surface area contributed by atoms with Gasteiger partial charge in [0, 0.05) is 121 Å². The molecule has 0 fully saturated rings. The van der Waals surface area contributed by atoms with Gasteiger partial charge in [-0.2, -0.15) is 0 Å². The van der Waals surface area contributed by atoms with Crippen molar-refractivity contribution in [2.45, 2.75) is 0 Å².